The maximum Gasteiger partial charge on any atom is 0.304 e. The van der Waals surface area contributed by atoms with Gasteiger partial charge in [-0.1, -0.05) is 45.0 Å². The Balaban J connectivity index is 2.96. The maximum atomic E-state index is 10.8. The molecular weight excluding hydrogens is 246 g/mol. The van der Waals surface area contributed by atoms with Crippen LogP contribution in [0.4, 0.5) is 0 Å². The lowest BCUT2D eigenvalue weighted by molar-refractivity contribution is -0.483. The first-order chi connectivity index (χ1) is 8.70. The second-order valence-electron chi connectivity index (χ2n) is 5.68. The van der Waals surface area contributed by atoms with Crippen LogP contribution in [0, 0.1) is 10.1 Å². The Morgan fingerprint density at radius 2 is 1.84 bits per heavy atom. The first kappa shape index (κ1) is 15.1. The summed E-state index contributed by atoms with van der Waals surface area (Å²) in [6.07, 6.45) is -0.226. The monoisotopic (exact) mass is 265 g/mol. The molecule has 0 amide bonds. The van der Waals surface area contributed by atoms with E-state index in [0.717, 1.165) is 5.56 Å². The Morgan fingerprint density at radius 1 is 1.32 bits per heavy atom. The van der Waals surface area contributed by atoms with Gasteiger partial charge in [-0.2, -0.15) is 0 Å². The van der Waals surface area contributed by atoms with Crippen LogP contribution in [0.15, 0.2) is 24.3 Å². The molecule has 104 valence electrons. The van der Waals surface area contributed by atoms with Crippen LogP contribution in [-0.2, 0) is 10.2 Å². The zero-order valence-corrected chi connectivity index (χ0v) is 11.4. The Morgan fingerprint density at radius 3 is 2.21 bits per heavy atom. The van der Waals surface area contributed by atoms with Crippen LogP contribution in [-0.4, -0.2) is 22.5 Å². The number of benzene rings is 1. The molecule has 0 aromatic heterocycles. The predicted molar refractivity (Wildman–Crippen MR) is 72.0 cm³/mol. The fourth-order valence-electron chi connectivity index (χ4n) is 1.93. The molecule has 0 radical (unpaired) electrons. The largest absolute Gasteiger partial charge is 0.481 e. The number of hydrogen-bond acceptors (Lipinski definition) is 3. The SMILES string of the molecule is CC(C)(C)c1ccc(C(CC(=O)O)C[N+](=O)[O-])cc1. The van der Waals surface area contributed by atoms with Crippen molar-refractivity contribution in [3.63, 3.8) is 0 Å². The molecule has 0 aliphatic rings. The van der Waals surface area contributed by atoms with Gasteiger partial charge in [0.25, 0.3) is 0 Å². The van der Waals surface area contributed by atoms with Crippen molar-refractivity contribution in [1.29, 1.82) is 0 Å². The van der Waals surface area contributed by atoms with Crippen molar-refractivity contribution >= 4 is 5.97 Å². The Hall–Kier alpha value is -1.91. The second-order valence-corrected chi connectivity index (χ2v) is 5.68. The summed E-state index contributed by atoms with van der Waals surface area (Å²) in [5.41, 5.74) is 1.82. The molecule has 0 bridgehead atoms. The molecule has 1 unspecified atom stereocenters. The van der Waals surface area contributed by atoms with Crippen LogP contribution in [0.5, 0.6) is 0 Å². The van der Waals surface area contributed by atoms with Crippen molar-refractivity contribution in [3.8, 4) is 0 Å². The Bertz CT molecular complexity index is 443. The molecule has 0 spiro atoms. The molecular formula is C14H19NO4. The van der Waals surface area contributed by atoms with E-state index in [4.69, 9.17) is 5.11 Å². The van der Waals surface area contributed by atoms with E-state index in [1.54, 1.807) is 12.1 Å². The summed E-state index contributed by atoms with van der Waals surface area (Å²) < 4.78 is 0. The van der Waals surface area contributed by atoms with Crippen LogP contribution >= 0.6 is 0 Å². The van der Waals surface area contributed by atoms with E-state index in [1.807, 2.05) is 12.1 Å². The van der Waals surface area contributed by atoms with Crippen LogP contribution in [0.1, 0.15) is 44.2 Å². The van der Waals surface area contributed by atoms with Crippen molar-refractivity contribution in [2.24, 2.45) is 0 Å². The van der Waals surface area contributed by atoms with Gasteiger partial charge in [0.05, 0.1) is 12.3 Å². The summed E-state index contributed by atoms with van der Waals surface area (Å²) in [6.45, 7) is 5.87. The lowest BCUT2D eigenvalue weighted by Gasteiger charge is -2.20. The highest BCUT2D eigenvalue weighted by atomic mass is 16.6. The van der Waals surface area contributed by atoms with Gasteiger partial charge in [-0.25, -0.2) is 0 Å². The standard InChI is InChI=1S/C14H19NO4/c1-14(2,3)12-6-4-10(5-7-12)11(8-13(16)17)9-15(18)19/h4-7,11H,8-9H2,1-3H3,(H,16,17). The van der Waals surface area contributed by atoms with Gasteiger partial charge in [-0.3, -0.25) is 14.9 Å². The first-order valence-electron chi connectivity index (χ1n) is 6.14. The third kappa shape index (κ3) is 4.69. The van der Waals surface area contributed by atoms with E-state index >= 15 is 0 Å². The number of aliphatic carboxylic acids is 1. The number of hydrogen-bond donors (Lipinski definition) is 1. The molecule has 5 nitrogen and oxygen atoms in total. The topological polar surface area (TPSA) is 80.4 Å². The van der Waals surface area contributed by atoms with Gasteiger partial charge >= 0.3 is 5.97 Å². The lowest BCUT2D eigenvalue weighted by Crippen LogP contribution is -2.17. The normalized spacial score (nSPS) is 13.0. The third-order valence-corrected chi connectivity index (χ3v) is 3.04. The van der Waals surface area contributed by atoms with Gasteiger partial charge < -0.3 is 5.11 Å². The molecule has 0 fully saturated rings. The van der Waals surface area contributed by atoms with E-state index in [2.05, 4.69) is 20.8 Å². The molecule has 19 heavy (non-hydrogen) atoms. The number of carboxylic acid groups (broad SMARTS) is 1. The van der Waals surface area contributed by atoms with Gasteiger partial charge in [0.2, 0.25) is 6.54 Å². The Kier molecular flexibility index (Phi) is 4.64. The van der Waals surface area contributed by atoms with Crippen LogP contribution < -0.4 is 0 Å². The van der Waals surface area contributed by atoms with E-state index in [1.165, 1.54) is 0 Å². The molecule has 1 aromatic rings. The average Bonchev–Trinajstić information content (AvgIpc) is 2.26. The third-order valence-electron chi connectivity index (χ3n) is 3.04. The minimum Gasteiger partial charge on any atom is -0.481 e. The second kappa shape index (κ2) is 5.82. The molecule has 1 atom stereocenters. The van der Waals surface area contributed by atoms with E-state index in [0.29, 0.717) is 5.56 Å². The summed E-state index contributed by atoms with van der Waals surface area (Å²) in [4.78, 5) is 20.9. The summed E-state index contributed by atoms with van der Waals surface area (Å²) >= 11 is 0. The number of nitrogens with zero attached hydrogens (tertiary/aromatic N) is 1. The molecule has 5 heteroatoms. The van der Waals surface area contributed by atoms with Crippen LogP contribution in [0.2, 0.25) is 0 Å². The zero-order chi connectivity index (χ0) is 14.6. The maximum absolute atomic E-state index is 10.8. The fraction of sp³-hybridized carbons (Fsp3) is 0.500. The lowest BCUT2D eigenvalue weighted by atomic mass is 9.85. The van der Waals surface area contributed by atoms with Crippen LogP contribution in [0.3, 0.4) is 0 Å². The quantitative estimate of drug-likeness (QED) is 0.655. The van der Waals surface area contributed by atoms with E-state index < -0.39 is 16.8 Å². The van der Waals surface area contributed by atoms with Crippen molar-refractivity contribution in [2.75, 3.05) is 6.54 Å². The van der Waals surface area contributed by atoms with Gasteiger partial charge in [0, 0.05) is 4.92 Å². The van der Waals surface area contributed by atoms with Crippen molar-refractivity contribution in [3.05, 3.63) is 45.5 Å². The summed E-state index contributed by atoms with van der Waals surface area (Å²) in [7, 11) is 0. The number of rotatable bonds is 5. The molecule has 0 saturated heterocycles. The van der Waals surface area contributed by atoms with Crippen molar-refractivity contribution < 1.29 is 14.8 Å². The smallest absolute Gasteiger partial charge is 0.304 e. The van der Waals surface area contributed by atoms with E-state index in [9.17, 15) is 14.9 Å². The van der Waals surface area contributed by atoms with Gasteiger partial charge in [0.1, 0.15) is 0 Å². The fourth-order valence-corrected chi connectivity index (χ4v) is 1.93. The van der Waals surface area contributed by atoms with Crippen LogP contribution in [0.25, 0.3) is 0 Å². The van der Waals surface area contributed by atoms with Crippen molar-refractivity contribution in [2.45, 2.75) is 38.5 Å². The molecule has 0 saturated carbocycles. The molecule has 1 rings (SSSR count). The summed E-state index contributed by atoms with van der Waals surface area (Å²) in [6, 6.07) is 7.39. The van der Waals surface area contributed by atoms with Gasteiger partial charge in [-0.05, 0) is 16.5 Å². The predicted octanol–water partition coefficient (Wildman–Crippen LogP) is 2.82. The van der Waals surface area contributed by atoms with E-state index in [-0.39, 0.29) is 18.4 Å². The number of carbonyl (C=O) groups is 1. The van der Waals surface area contributed by atoms with Gasteiger partial charge in [-0.15, -0.1) is 0 Å². The minimum absolute atomic E-state index is 0.00390. The van der Waals surface area contributed by atoms with Gasteiger partial charge in [0.15, 0.2) is 0 Å². The van der Waals surface area contributed by atoms with Crippen molar-refractivity contribution in [1.82, 2.24) is 0 Å². The molecule has 0 heterocycles. The molecule has 0 aliphatic carbocycles. The minimum atomic E-state index is -1.02. The zero-order valence-electron chi connectivity index (χ0n) is 11.4. The highest BCUT2D eigenvalue weighted by Crippen LogP contribution is 2.26. The first-order valence-corrected chi connectivity index (χ1v) is 6.14. The summed E-state index contributed by atoms with van der Waals surface area (Å²) in [5, 5.41) is 19.4. The average molecular weight is 265 g/mol. The highest BCUT2D eigenvalue weighted by Gasteiger charge is 2.22. The molecule has 0 aliphatic heterocycles. The molecule has 1 N–H and O–H groups in total. The number of carboxylic acids is 1. The Labute approximate surface area is 112 Å². The molecule has 1 aromatic carbocycles. The summed E-state index contributed by atoms with van der Waals surface area (Å²) in [5.74, 6) is -1.60. The highest BCUT2D eigenvalue weighted by molar-refractivity contribution is 5.68. The number of nitro groups is 1.